The fourth-order valence-corrected chi connectivity index (χ4v) is 3.07. The van der Waals surface area contributed by atoms with Gasteiger partial charge < -0.3 is 20.1 Å². The van der Waals surface area contributed by atoms with Crippen LogP contribution in [0.4, 0.5) is 10.8 Å². The highest BCUT2D eigenvalue weighted by atomic mass is 32.1. The van der Waals surface area contributed by atoms with Gasteiger partial charge in [0, 0.05) is 25.2 Å². The molecule has 1 aliphatic heterocycles. The van der Waals surface area contributed by atoms with Crippen LogP contribution < -0.4 is 20.1 Å². The van der Waals surface area contributed by atoms with Gasteiger partial charge in [-0.2, -0.15) is 0 Å². The van der Waals surface area contributed by atoms with Crippen LogP contribution in [0.25, 0.3) is 0 Å². The molecule has 0 radical (unpaired) electrons. The van der Waals surface area contributed by atoms with Gasteiger partial charge in [-0.1, -0.05) is 11.3 Å². The second-order valence-electron chi connectivity index (χ2n) is 4.85. The third kappa shape index (κ3) is 2.99. The summed E-state index contributed by atoms with van der Waals surface area (Å²) >= 11 is 1.32. The summed E-state index contributed by atoms with van der Waals surface area (Å²) in [5, 5.41) is 6.49. The van der Waals surface area contributed by atoms with Crippen molar-refractivity contribution in [3.05, 3.63) is 28.8 Å². The highest BCUT2D eigenvalue weighted by Crippen LogP contribution is 2.34. The molecule has 22 heavy (non-hydrogen) atoms. The van der Waals surface area contributed by atoms with E-state index < -0.39 is 0 Å². The number of carbonyl (C=O) groups is 1. The summed E-state index contributed by atoms with van der Waals surface area (Å²) in [5.74, 6) is 1.36. The van der Waals surface area contributed by atoms with Gasteiger partial charge in [0.2, 0.25) is 0 Å². The molecule has 1 aromatic carbocycles. The lowest BCUT2D eigenvalue weighted by Crippen LogP contribution is -2.17. The number of ether oxygens (including phenoxy) is 2. The minimum absolute atomic E-state index is 0.123. The van der Waals surface area contributed by atoms with E-state index in [1.807, 2.05) is 25.1 Å². The van der Waals surface area contributed by atoms with Gasteiger partial charge in [0.25, 0.3) is 5.91 Å². The van der Waals surface area contributed by atoms with Crippen molar-refractivity contribution in [2.75, 3.05) is 25.6 Å². The van der Waals surface area contributed by atoms with Gasteiger partial charge in [-0.3, -0.25) is 4.79 Å². The zero-order valence-corrected chi connectivity index (χ0v) is 13.3. The summed E-state index contributed by atoms with van der Waals surface area (Å²) in [5.41, 5.74) is 1.56. The SMILES string of the molecule is CNC(=O)c1sc(Nc2ccc3c(c2)OCCCO3)nc1C. The monoisotopic (exact) mass is 319 g/mol. The Balaban J connectivity index is 1.81. The molecule has 6 nitrogen and oxygen atoms in total. The van der Waals surface area contributed by atoms with Crippen LogP contribution in [0.5, 0.6) is 11.5 Å². The minimum atomic E-state index is -0.123. The predicted molar refractivity (Wildman–Crippen MR) is 85.6 cm³/mol. The highest BCUT2D eigenvalue weighted by Gasteiger charge is 2.15. The maximum absolute atomic E-state index is 11.7. The van der Waals surface area contributed by atoms with Crippen molar-refractivity contribution in [3.8, 4) is 11.5 Å². The lowest BCUT2D eigenvalue weighted by Gasteiger charge is -2.09. The zero-order chi connectivity index (χ0) is 15.5. The first kappa shape index (κ1) is 14.6. The fourth-order valence-electron chi connectivity index (χ4n) is 2.14. The number of fused-ring (bicyclic) bond motifs is 1. The van der Waals surface area contributed by atoms with Crippen LogP contribution in [-0.4, -0.2) is 31.2 Å². The average Bonchev–Trinajstić information content (AvgIpc) is 2.73. The molecule has 0 saturated carbocycles. The van der Waals surface area contributed by atoms with E-state index in [1.165, 1.54) is 11.3 Å². The maximum Gasteiger partial charge on any atom is 0.263 e. The number of thiazole rings is 1. The van der Waals surface area contributed by atoms with Crippen molar-refractivity contribution in [1.82, 2.24) is 10.3 Å². The van der Waals surface area contributed by atoms with Gasteiger partial charge in [-0.05, 0) is 19.1 Å². The van der Waals surface area contributed by atoms with Crippen molar-refractivity contribution >= 4 is 28.1 Å². The summed E-state index contributed by atoms with van der Waals surface area (Å²) in [6.07, 6.45) is 0.874. The lowest BCUT2D eigenvalue weighted by atomic mass is 10.3. The van der Waals surface area contributed by atoms with E-state index in [1.54, 1.807) is 7.05 Å². The number of benzene rings is 1. The molecule has 2 heterocycles. The number of hydrogen-bond acceptors (Lipinski definition) is 6. The first-order valence-corrected chi connectivity index (χ1v) is 7.85. The number of aromatic nitrogens is 1. The highest BCUT2D eigenvalue weighted by molar-refractivity contribution is 7.17. The number of anilines is 2. The number of amides is 1. The second kappa shape index (κ2) is 6.23. The third-order valence-corrected chi connectivity index (χ3v) is 4.30. The largest absolute Gasteiger partial charge is 0.490 e. The fraction of sp³-hybridized carbons (Fsp3) is 0.333. The average molecular weight is 319 g/mol. The summed E-state index contributed by atoms with van der Waals surface area (Å²) in [6.45, 7) is 3.13. The molecule has 7 heteroatoms. The Kier molecular flexibility index (Phi) is 4.15. The van der Waals surface area contributed by atoms with Gasteiger partial charge in [0.15, 0.2) is 16.6 Å². The van der Waals surface area contributed by atoms with Crippen molar-refractivity contribution in [2.45, 2.75) is 13.3 Å². The van der Waals surface area contributed by atoms with E-state index in [4.69, 9.17) is 9.47 Å². The molecule has 116 valence electrons. The predicted octanol–water partition coefficient (Wildman–Crippen LogP) is 2.72. The van der Waals surface area contributed by atoms with Gasteiger partial charge >= 0.3 is 0 Å². The molecule has 1 aliphatic rings. The molecule has 0 fully saturated rings. The van der Waals surface area contributed by atoms with Crippen molar-refractivity contribution in [2.24, 2.45) is 0 Å². The number of nitrogens with zero attached hydrogens (tertiary/aromatic N) is 1. The Morgan fingerprint density at radius 1 is 1.27 bits per heavy atom. The lowest BCUT2D eigenvalue weighted by molar-refractivity contribution is 0.0966. The van der Waals surface area contributed by atoms with E-state index >= 15 is 0 Å². The van der Waals surface area contributed by atoms with Crippen LogP contribution in [0.15, 0.2) is 18.2 Å². The van der Waals surface area contributed by atoms with Crippen LogP contribution in [0.1, 0.15) is 21.8 Å². The summed E-state index contributed by atoms with van der Waals surface area (Å²) in [7, 11) is 1.61. The van der Waals surface area contributed by atoms with Crippen molar-refractivity contribution < 1.29 is 14.3 Å². The Bertz CT molecular complexity index is 699. The number of nitrogens with one attached hydrogen (secondary N) is 2. The first-order valence-electron chi connectivity index (χ1n) is 7.03. The molecule has 0 saturated heterocycles. The molecule has 2 aromatic rings. The molecular formula is C15H17N3O3S. The van der Waals surface area contributed by atoms with E-state index in [0.717, 1.165) is 23.6 Å². The van der Waals surface area contributed by atoms with Gasteiger partial charge in [-0.25, -0.2) is 4.98 Å². The van der Waals surface area contributed by atoms with Gasteiger partial charge in [0.1, 0.15) is 4.88 Å². The normalized spacial score (nSPS) is 13.4. The third-order valence-electron chi connectivity index (χ3n) is 3.23. The molecule has 2 N–H and O–H groups in total. The standard InChI is InChI=1S/C15H17N3O3S/c1-9-13(14(19)16-2)22-15(17-9)18-10-4-5-11-12(8-10)21-7-3-6-20-11/h4-5,8H,3,6-7H2,1-2H3,(H,16,19)(H,17,18). The molecule has 3 rings (SSSR count). The quantitative estimate of drug-likeness (QED) is 0.910. The molecule has 1 amide bonds. The second-order valence-corrected chi connectivity index (χ2v) is 5.85. The topological polar surface area (TPSA) is 72.5 Å². The van der Waals surface area contributed by atoms with Crippen LogP contribution >= 0.6 is 11.3 Å². The maximum atomic E-state index is 11.7. The minimum Gasteiger partial charge on any atom is -0.490 e. The number of aryl methyl sites for hydroxylation is 1. The Morgan fingerprint density at radius 3 is 2.82 bits per heavy atom. The summed E-state index contributed by atoms with van der Waals surface area (Å²) in [6, 6.07) is 5.67. The number of carbonyl (C=O) groups excluding carboxylic acids is 1. The Hall–Kier alpha value is -2.28. The van der Waals surface area contributed by atoms with E-state index in [2.05, 4.69) is 15.6 Å². The summed E-state index contributed by atoms with van der Waals surface area (Å²) < 4.78 is 11.3. The Labute approximate surface area is 132 Å². The smallest absolute Gasteiger partial charge is 0.263 e. The molecule has 0 unspecified atom stereocenters. The van der Waals surface area contributed by atoms with Crippen LogP contribution in [0, 0.1) is 6.92 Å². The van der Waals surface area contributed by atoms with Crippen LogP contribution in [0.3, 0.4) is 0 Å². The van der Waals surface area contributed by atoms with Crippen LogP contribution in [-0.2, 0) is 0 Å². The first-order chi connectivity index (χ1) is 10.7. The molecule has 0 aliphatic carbocycles. The molecule has 0 spiro atoms. The van der Waals surface area contributed by atoms with E-state index in [9.17, 15) is 4.79 Å². The molecule has 0 bridgehead atoms. The number of hydrogen-bond donors (Lipinski definition) is 2. The van der Waals surface area contributed by atoms with Gasteiger partial charge in [0.05, 0.1) is 18.9 Å². The Morgan fingerprint density at radius 2 is 2.05 bits per heavy atom. The number of rotatable bonds is 3. The van der Waals surface area contributed by atoms with Crippen LogP contribution in [0.2, 0.25) is 0 Å². The van der Waals surface area contributed by atoms with Crippen molar-refractivity contribution in [3.63, 3.8) is 0 Å². The van der Waals surface area contributed by atoms with Gasteiger partial charge in [-0.15, -0.1) is 0 Å². The zero-order valence-electron chi connectivity index (χ0n) is 12.4. The van der Waals surface area contributed by atoms with E-state index in [0.29, 0.717) is 28.9 Å². The molecular weight excluding hydrogens is 302 g/mol. The molecule has 1 aromatic heterocycles. The van der Waals surface area contributed by atoms with Crippen molar-refractivity contribution in [1.29, 1.82) is 0 Å². The molecule has 0 atom stereocenters. The van der Waals surface area contributed by atoms with E-state index in [-0.39, 0.29) is 5.91 Å². The summed E-state index contributed by atoms with van der Waals surface area (Å²) in [4.78, 5) is 16.7.